The molecule has 1 saturated heterocycles. The molecule has 3 aromatic rings. The smallest absolute Gasteiger partial charge is 0.375 e. The maximum absolute atomic E-state index is 12.9. The maximum Gasteiger partial charge on any atom is 0.416 e. The number of piperidine rings is 1. The van der Waals surface area contributed by atoms with E-state index in [4.69, 9.17) is 9.47 Å². The Hall–Kier alpha value is -3.16. The van der Waals surface area contributed by atoms with Gasteiger partial charge < -0.3 is 14.4 Å². The highest BCUT2D eigenvalue weighted by atomic mass is 19.4. The van der Waals surface area contributed by atoms with E-state index in [0.717, 1.165) is 23.3 Å². The third-order valence-electron chi connectivity index (χ3n) is 6.70. The molecule has 0 bridgehead atoms. The summed E-state index contributed by atoms with van der Waals surface area (Å²) in [4.78, 5) is 14.5. The Balaban J connectivity index is 1.61. The van der Waals surface area contributed by atoms with Gasteiger partial charge in [0.25, 0.3) is 0 Å². The van der Waals surface area contributed by atoms with E-state index in [0.29, 0.717) is 25.1 Å². The Labute approximate surface area is 209 Å². The second-order valence-corrected chi connectivity index (χ2v) is 9.07. The molecular formula is C29H30F3NO3. The molecule has 2 atom stereocenters. The molecule has 0 radical (unpaired) electrons. The standard InChI is InChI=1S/C29H30F3NO3/c1-35-20-27(34)33-17-16-26(36-19-21-12-14-24(15-13-21)29(30,31)32)25(18-33)28(22-8-4-2-5-9-22)23-10-6-3-7-11-23/h2-15,25-26,28H,16-20H2,1H3/t25-,26+/m1/s1. The van der Waals surface area contributed by atoms with Crippen LogP contribution < -0.4 is 0 Å². The minimum Gasteiger partial charge on any atom is -0.375 e. The number of nitrogens with zero attached hydrogens (tertiary/aromatic N) is 1. The summed E-state index contributed by atoms with van der Waals surface area (Å²) in [6, 6.07) is 25.4. The van der Waals surface area contributed by atoms with Crippen LogP contribution in [0.1, 0.15) is 34.6 Å². The van der Waals surface area contributed by atoms with Crippen molar-refractivity contribution in [1.29, 1.82) is 0 Å². The first kappa shape index (κ1) is 25.9. The number of alkyl halides is 3. The zero-order valence-electron chi connectivity index (χ0n) is 20.2. The summed E-state index contributed by atoms with van der Waals surface area (Å²) in [7, 11) is 1.51. The van der Waals surface area contributed by atoms with E-state index in [9.17, 15) is 18.0 Å². The number of ether oxygens (including phenoxy) is 2. The summed E-state index contributed by atoms with van der Waals surface area (Å²) in [6.45, 7) is 1.24. The van der Waals surface area contributed by atoms with Crippen LogP contribution in [-0.2, 0) is 27.1 Å². The Morgan fingerprint density at radius 3 is 2.06 bits per heavy atom. The van der Waals surface area contributed by atoms with Gasteiger partial charge in [0.2, 0.25) is 5.91 Å². The number of hydrogen-bond acceptors (Lipinski definition) is 3. The van der Waals surface area contributed by atoms with Crippen LogP contribution in [0.5, 0.6) is 0 Å². The molecule has 36 heavy (non-hydrogen) atoms. The molecule has 0 saturated carbocycles. The van der Waals surface area contributed by atoms with Gasteiger partial charge in [-0.1, -0.05) is 72.8 Å². The highest BCUT2D eigenvalue weighted by Crippen LogP contribution is 2.39. The van der Waals surface area contributed by atoms with Crippen molar-refractivity contribution in [2.45, 2.75) is 31.2 Å². The number of hydrogen-bond donors (Lipinski definition) is 0. The number of methoxy groups -OCH3 is 1. The number of carbonyl (C=O) groups excluding carboxylic acids is 1. The summed E-state index contributed by atoms with van der Waals surface area (Å²) in [5, 5.41) is 0. The molecule has 1 fully saturated rings. The van der Waals surface area contributed by atoms with Gasteiger partial charge >= 0.3 is 6.18 Å². The van der Waals surface area contributed by atoms with Crippen LogP contribution in [0.4, 0.5) is 13.2 Å². The summed E-state index contributed by atoms with van der Waals surface area (Å²) in [6.07, 6.45) is -3.94. The second kappa shape index (κ2) is 11.7. The van der Waals surface area contributed by atoms with Crippen LogP contribution in [0.3, 0.4) is 0 Å². The lowest BCUT2D eigenvalue weighted by Crippen LogP contribution is -2.49. The number of carbonyl (C=O) groups is 1. The highest BCUT2D eigenvalue weighted by Gasteiger charge is 2.38. The van der Waals surface area contributed by atoms with Crippen molar-refractivity contribution in [3.63, 3.8) is 0 Å². The fourth-order valence-electron chi connectivity index (χ4n) is 4.93. The van der Waals surface area contributed by atoms with Gasteiger partial charge in [-0.05, 0) is 35.2 Å². The van der Waals surface area contributed by atoms with Crippen molar-refractivity contribution in [3.8, 4) is 0 Å². The quantitative estimate of drug-likeness (QED) is 0.388. The van der Waals surface area contributed by atoms with Crippen molar-refractivity contribution in [3.05, 3.63) is 107 Å². The zero-order chi connectivity index (χ0) is 25.5. The largest absolute Gasteiger partial charge is 0.416 e. The molecule has 0 aliphatic carbocycles. The lowest BCUT2D eigenvalue weighted by Gasteiger charge is -2.42. The first-order valence-electron chi connectivity index (χ1n) is 12.0. The average molecular weight is 498 g/mol. The van der Waals surface area contributed by atoms with Crippen LogP contribution in [-0.4, -0.2) is 43.7 Å². The van der Waals surface area contributed by atoms with Gasteiger partial charge in [-0.2, -0.15) is 13.2 Å². The molecule has 1 aliphatic rings. The summed E-state index contributed by atoms with van der Waals surface area (Å²) in [5.74, 6) is -0.148. The molecule has 4 nitrogen and oxygen atoms in total. The van der Waals surface area contributed by atoms with E-state index in [1.54, 1.807) is 0 Å². The molecule has 7 heteroatoms. The summed E-state index contributed by atoms with van der Waals surface area (Å²) < 4.78 is 50.3. The average Bonchev–Trinajstić information content (AvgIpc) is 2.89. The summed E-state index contributed by atoms with van der Waals surface area (Å²) >= 11 is 0. The van der Waals surface area contributed by atoms with Crippen molar-refractivity contribution in [2.75, 3.05) is 26.8 Å². The van der Waals surface area contributed by atoms with Gasteiger partial charge in [-0.15, -0.1) is 0 Å². The maximum atomic E-state index is 12.9. The minimum atomic E-state index is -4.37. The molecule has 190 valence electrons. The lowest BCUT2D eigenvalue weighted by molar-refractivity contribution is -0.141. The first-order chi connectivity index (χ1) is 17.4. The number of benzene rings is 3. The highest BCUT2D eigenvalue weighted by molar-refractivity contribution is 5.77. The van der Waals surface area contributed by atoms with E-state index >= 15 is 0 Å². The van der Waals surface area contributed by atoms with Gasteiger partial charge in [-0.25, -0.2) is 0 Å². The fourth-order valence-corrected chi connectivity index (χ4v) is 4.93. The third kappa shape index (κ3) is 6.33. The number of amides is 1. The van der Waals surface area contributed by atoms with Crippen molar-refractivity contribution < 1.29 is 27.4 Å². The molecule has 0 unspecified atom stereocenters. The molecule has 0 N–H and O–H groups in total. The lowest BCUT2D eigenvalue weighted by atomic mass is 9.75. The van der Waals surface area contributed by atoms with Crippen LogP contribution in [0, 0.1) is 5.92 Å². The van der Waals surface area contributed by atoms with Crippen molar-refractivity contribution in [1.82, 2.24) is 4.90 Å². The van der Waals surface area contributed by atoms with Crippen LogP contribution >= 0.6 is 0 Å². The van der Waals surface area contributed by atoms with Gasteiger partial charge in [0.05, 0.1) is 18.3 Å². The Morgan fingerprint density at radius 1 is 0.944 bits per heavy atom. The van der Waals surface area contributed by atoms with E-state index < -0.39 is 11.7 Å². The Kier molecular flexibility index (Phi) is 8.44. The molecule has 3 aromatic carbocycles. The number of likely N-dealkylation sites (tertiary alicyclic amines) is 1. The van der Waals surface area contributed by atoms with Gasteiger partial charge in [-0.3, -0.25) is 4.79 Å². The Bertz CT molecular complexity index is 1060. The summed E-state index contributed by atoms with van der Waals surface area (Å²) in [5.41, 5.74) is 2.24. The molecule has 4 rings (SSSR count). The van der Waals surface area contributed by atoms with Crippen molar-refractivity contribution in [2.24, 2.45) is 5.92 Å². The molecule has 0 aromatic heterocycles. The first-order valence-corrected chi connectivity index (χ1v) is 12.0. The van der Waals surface area contributed by atoms with E-state index in [2.05, 4.69) is 24.3 Å². The predicted octanol–water partition coefficient (Wildman–Crippen LogP) is 5.92. The van der Waals surface area contributed by atoms with Gasteiger partial charge in [0.1, 0.15) is 6.61 Å². The topological polar surface area (TPSA) is 38.8 Å². The molecular weight excluding hydrogens is 467 g/mol. The van der Waals surface area contributed by atoms with Gasteiger partial charge in [0, 0.05) is 32.0 Å². The molecule has 1 heterocycles. The van der Waals surface area contributed by atoms with Crippen LogP contribution in [0.2, 0.25) is 0 Å². The molecule has 1 aliphatic heterocycles. The normalized spacial score (nSPS) is 18.4. The minimum absolute atomic E-state index is 0.0190. The van der Waals surface area contributed by atoms with Gasteiger partial charge in [0.15, 0.2) is 0 Å². The Morgan fingerprint density at radius 2 is 1.53 bits per heavy atom. The second-order valence-electron chi connectivity index (χ2n) is 9.07. The van der Waals surface area contributed by atoms with Crippen LogP contribution in [0.25, 0.3) is 0 Å². The van der Waals surface area contributed by atoms with Crippen molar-refractivity contribution >= 4 is 5.91 Å². The van der Waals surface area contributed by atoms with E-state index in [1.165, 1.54) is 19.2 Å². The number of halogens is 3. The van der Waals surface area contributed by atoms with Crippen LogP contribution in [0.15, 0.2) is 84.9 Å². The predicted molar refractivity (Wildman–Crippen MR) is 131 cm³/mol. The SMILES string of the molecule is COCC(=O)N1CC[C@H](OCc2ccc(C(F)(F)F)cc2)[C@H](C(c2ccccc2)c2ccccc2)C1. The number of rotatable bonds is 8. The molecule has 1 amide bonds. The molecule has 0 spiro atoms. The fraction of sp³-hybridized carbons (Fsp3) is 0.345. The zero-order valence-corrected chi connectivity index (χ0v) is 20.2. The third-order valence-corrected chi connectivity index (χ3v) is 6.70. The van der Waals surface area contributed by atoms with E-state index in [-0.39, 0.29) is 37.1 Å². The monoisotopic (exact) mass is 497 g/mol. The van der Waals surface area contributed by atoms with E-state index in [1.807, 2.05) is 41.3 Å².